The van der Waals surface area contributed by atoms with Crippen LogP contribution in [-0.2, 0) is 6.54 Å². The lowest BCUT2D eigenvalue weighted by Gasteiger charge is -2.26. The van der Waals surface area contributed by atoms with Gasteiger partial charge in [0.05, 0.1) is 6.61 Å². The van der Waals surface area contributed by atoms with E-state index in [1.54, 1.807) is 11.3 Å². The molecular formula is C21H33N5OS. The lowest BCUT2D eigenvalue weighted by molar-refractivity contribution is 0.220. The molecule has 2 N–H and O–H groups in total. The molecule has 0 radical (unpaired) electrons. The van der Waals surface area contributed by atoms with Gasteiger partial charge in [-0.05, 0) is 56.5 Å². The van der Waals surface area contributed by atoms with E-state index in [-0.39, 0.29) is 0 Å². The highest BCUT2D eigenvalue weighted by Gasteiger charge is 2.10. The summed E-state index contributed by atoms with van der Waals surface area (Å²) in [5, 5.41) is 16.7. The molecule has 0 bridgehead atoms. The number of benzene rings is 1. The van der Waals surface area contributed by atoms with Gasteiger partial charge in [-0.15, -0.1) is 10.2 Å². The molecule has 2 heterocycles. The topological polar surface area (TPSA) is 62.3 Å². The van der Waals surface area contributed by atoms with Crippen molar-refractivity contribution < 1.29 is 4.74 Å². The van der Waals surface area contributed by atoms with E-state index in [1.165, 1.54) is 44.3 Å². The quantitative estimate of drug-likeness (QED) is 0.504. The van der Waals surface area contributed by atoms with Crippen LogP contribution in [0.3, 0.4) is 0 Å². The zero-order valence-electron chi connectivity index (χ0n) is 17.0. The fraction of sp³-hybridized carbons (Fsp3) is 0.619. The van der Waals surface area contributed by atoms with Crippen molar-refractivity contribution in [3.63, 3.8) is 0 Å². The number of piperidine rings is 1. The Balaban J connectivity index is 1.32. The first-order chi connectivity index (χ1) is 13.8. The van der Waals surface area contributed by atoms with Crippen LogP contribution in [0.2, 0.25) is 0 Å². The van der Waals surface area contributed by atoms with Gasteiger partial charge < -0.3 is 15.4 Å². The molecule has 0 amide bonds. The number of rotatable bonds is 12. The van der Waals surface area contributed by atoms with E-state index in [9.17, 15) is 0 Å². The first kappa shape index (κ1) is 20.9. The minimum absolute atomic E-state index is 0.695. The third kappa shape index (κ3) is 7.28. The first-order valence-corrected chi connectivity index (χ1v) is 11.4. The van der Waals surface area contributed by atoms with Crippen LogP contribution >= 0.6 is 11.3 Å². The number of hydrogen-bond acceptors (Lipinski definition) is 7. The Morgan fingerprint density at radius 2 is 1.79 bits per heavy atom. The Labute approximate surface area is 172 Å². The van der Waals surface area contributed by atoms with Crippen LogP contribution in [0.4, 0.5) is 10.3 Å². The third-order valence-electron chi connectivity index (χ3n) is 4.85. The van der Waals surface area contributed by atoms with Crippen molar-refractivity contribution in [1.29, 1.82) is 0 Å². The number of likely N-dealkylation sites (tertiary alicyclic amines) is 1. The van der Waals surface area contributed by atoms with Crippen LogP contribution in [-0.4, -0.2) is 47.9 Å². The Morgan fingerprint density at radius 3 is 2.54 bits per heavy atom. The number of nitrogens with one attached hydrogen (secondary N) is 2. The Hall–Kier alpha value is -1.86. The summed E-state index contributed by atoms with van der Waals surface area (Å²) in [5.41, 5.74) is 1.34. The van der Waals surface area contributed by atoms with Crippen molar-refractivity contribution in [2.45, 2.75) is 52.0 Å². The maximum absolute atomic E-state index is 5.94. The maximum atomic E-state index is 5.94. The fourth-order valence-corrected chi connectivity index (χ4v) is 4.00. The van der Waals surface area contributed by atoms with Crippen molar-refractivity contribution in [2.75, 3.05) is 43.4 Å². The molecule has 154 valence electrons. The van der Waals surface area contributed by atoms with Crippen LogP contribution in [0.1, 0.15) is 51.0 Å². The maximum Gasteiger partial charge on any atom is 0.207 e. The monoisotopic (exact) mass is 403 g/mol. The Kier molecular flexibility index (Phi) is 8.84. The molecule has 0 aliphatic carbocycles. The van der Waals surface area contributed by atoms with Gasteiger partial charge >= 0.3 is 0 Å². The predicted molar refractivity (Wildman–Crippen MR) is 117 cm³/mol. The molecule has 3 rings (SSSR count). The molecule has 0 atom stereocenters. The van der Waals surface area contributed by atoms with Crippen LogP contribution < -0.4 is 15.4 Å². The van der Waals surface area contributed by atoms with Gasteiger partial charge in [-0.2, -0.15) is 0 Å². The summed E-state index contributed by atoms with van der Waals surface area (Å²) in [6.45, 7) is 8.13. The molecule has 28 heavy (non-hydrogen) atoms. The van der Waals surface area contributed by atoms with Crippen molar-refractivity contribution in [2.24, 2.45) is 0 Å². The van der Waals surface area contributed by atoms with Crippen molar-refractivity contribution in [1.82, 2.24) is 15.1 Å². The van der Waals surface area contributed by atoms with E-state index in [0.29, 0.717) is 6.61 Å². The summed E-state index contributed by atoms with van der Waals surface area (Å²) in [7, 11) is 0. The normalized spacial score (nSPS) is 14.8. The highest BCUT2D eigenvalue weighted by atomic mass is 32.1. The van der Waals surface area contributed by atoms with Crippen molar-refractivity contribution in [3.05, 3.63) is 29.8 Å². The molecular weight excluding hydrogens is 370 g/mol. The minimum atomic E-state index is 0.695. The van der Waals surface area contributed by atoms with Gasteiger partial charge in [0.1, 0.15) is 5.75 Å². The van der Waals surface area contributed by atoms with Crippen LogP contribution in [0.25, 0.3) is 0 Å². The summed E-state index contributed by atoms with van der Waals surface area (Å²) in [6.07, 6.45) is 7.29. The summed E-state index contributed by atoms with van der Waals surface area (Å²) >= 11 is 1.57. The smallest absolute Gasteiger partial charge is 0.207 e. The lowest BCUT2D eigenvalue weighted by Crippen LogP contribution is -2.29. The molecule has 2 aromatic rings. The number of hydrogen-bond donors (Lipinski definition) is 2. The second-order valence-electron chi connectivity index (χ2n) is 7.31. The van der Waals surface area contributed by atoms with E-state index in [0.717, 1.165) is 48.5 Å². The second-order valence-corrected chi connectivity index (χ2v) is 8.28. The summed E-state index contributed by atoms with van der Waals surface area (Å²) < 4.78 is 5.94. The average molecular weight is 404 g/mol. The molecule has 1 saturated heterocycles. The van der Waals surface area contributed by atoms with Gasteiger partial charge in [-0.25, -0.2) is 0 Å². The van der Waals surface area contributed by atoms with Gasteiger partial charge in [0, 0.05) is 19.6 Å². The van der Waals surface area contributed by atoms with Gasteiger partial charge in [0.15, 0.2) is 0 Å². The van der Waals surface area contributed by atoms with E-state index in [1.807, 2.05) is 6.07 Å². The van der Waals surface area contributed by atoms with Crippen LogP contribution in [0.5, 0.6) is 5.75 Å². The van der Waals surface area contributed by atoms with Gasteiger partial charge in [0.2, 0.25) is 10.3 Å². The number of ether oxygens (including phenoxy) is 1. The second kappa shape index (κ2) is 11.9. The zero-order valence-corrected chi connectivity index (χ0v) is 17.8. The number of anilines is 2. The van der Waals surface area contributed by atoms with E-state index in [4.69, 9.17) is 4.74 Å². The fourth-order valence-electron chi connectivity index (χ4n) is 3.31. The van der Waals surface area contributed by atoms with Gasteiger partial charge in [-0.3, -0.25) is 4.90 Å². The summed E-state index contributed by atoms with van der Waals surface area (Å²) in [6, 6.07) is 8.53. The van der Waals surface area contributed by atoms with Gasteiger partial charge in [0.25, 0.3) is 0 Å². The number of nitrogens with zero attached hydrogens (tertiary/aromatic N) is 3. The van der Waals surface area contributed by atoms with E-state index < -0.39 is 0 Å². The molecule has 0 unspecified atom stereocenters. The summed E-state index contributed by atoms with van der Waals surface area (Å²) in [4.78, 5) is 2.54. The standard InChI is InChI=1S/C21H33N5OS/c1-2-3-11-22-20-24-25-21(28-20)23-12-8-15-27-19-10-7-9-18(16-19)17-26-13-5-4-6-14-26/h7,9-10,16H,2-6,8,11-15,17H2,1H3,(H,22,24)(H,23,25). The molecule has 1 aromatic heterocycles. The Morgan fingerprint density at radius 1 is 1.04 bits per heavy atom. The molecule has 1 aromatic carbocycles. The molecule has 6 nitrogen and oxygen atoms in total. The third-order valence-corrected chi connectivity index (χ3v) is 5.69. The summed E-state index contributed by atoms with van der Waals surface area (Å²) in [5.74, 6) is 0.966. The van der Waals surface area contributed by atoms with Crippen LogP contribution in [0, 0.1) is 0 Å². The largest absolute Gasteiger partial charge is 0.494 e. The first-order valence-electron chi connectivity index (χ1n) is 10.6. The molecule has 0 saturated carbocycles. The zero-order chi connectivity index (χ0) is 19.4. The molecule has 1 aliphatic heterocycles. The molecule has 1 aliphatic rings. The SMILES string of the molecule is CCCCNc1nnc(NCCCOc2cccc(CN3CCCCC3)c2)s1. The van der Waals surface area contributed by atoms with Crippen LogP contribution in [0.15, 0.2) is 24.3 Å². The van der Waals surface area contributed by atoms with Crippen molar-refractivity contribution in [3.8, 4) is 5.75 Å². The molecule has 0 spiro atoms. The number of aromatic nitrogens is 2. The minimum Gasteiger partial charge on any atom is -0.494 e. The average Bonchev–Trinajstić information content (AvgIpc) is 3.17. The van der Waals surface area contributed by atoms with Crippen molar-refractivity contribution >= 4 is 21.6 Å². The van der Waals surface area contributed by atoms with E-state index in [2.05, 4.69) is 50.9 Å². The van der Waals surface area contributed by atoms with Gasteiger partial charge in [-0.1, -0.05) is 43.2 Å². The van der Waals surface area contributed by atoms with E-state index >= 15 is 0 Å². The Bertz CT molecular complexity index is 687. The lowest BCUT2D eigenvalue weighted by atomic mass is 10.1. The highest BCUT2D eigenvalue weighted by Crippen LogP contribution is 2.20. The predicted octanol–water partition coefficient (Wildman–Crippen LogP) is 4.62. The molecule has 1 fully saturated rings. The number of unbranched alkanes of at least 4 members (excludes halogenated alkanes) is 1. The molecule has 7 heteroatoms. The highest BCUT2D eigenvalue weighted by molar-refractivity contribution is 7.19.